The SMILES string of the molecule is CC(=O)O.COc1cccnc1CSc1nnc(C2CCCNC2)n1C. The lowest BCUT2D eigenvalue weighted by Gasteiger charge is -2.21. The van der Waals surface area contributed by atoms with Crippen LogP contribution in [0.4, 0.5) is 0 Å². The van der Waals surface area contributed by atoms with E-state index in [-0.39, 0.29) is 0 Å². The van der Waals surface area contributed by atoms with Gasteiger partial charge < -0.3 is 19.7 Å². The smallest absolute Gasteiger partial charge is 0.300 e. The minimum Gasteiger partial charge on any atom is -0.495 e. The second kappa shape index (κ2) is 10.1. The van der Waals surface area contributed by atoms with Gasteiger partial charge in [0.05, 0.1) is 12.8 Å². The number of pyridine rings is 1. The van der Waals surface area contributed by atoms with Gasteiger partial charge in [0.15, 0.2) is 5.16 Å². The molecule has 1 atom stereocenters. The van der Waals surface area contributed by atoms with E-state index in [2.05, 4.69) is 25.1 Å². The fourth-order valence-electron chi connectivity index (χ4n) is 2.73. The minimum atomic E-state index is -0.833. The third-order valence-corrected chi connectivity index (χ3v) is 4.97. The average molecular weight is 379 g/mol. The van der Waals surface area contributed by atoms with Gasteiger partial charge in [-0.1, -0.05) is 11.8 Å². The quantitative estimate of drug-likeness (QED) is 0.761. The first-order valence-corrected chi connectivity index (χ1v) is 9.41. The van der Waals surface area contributed by atoms with Gasteiger partial charge in [-0.2, -0.15) is 0 Å². The summed E-state index contributed by atoms with van der Waals surface area (Å²) in [5.74, 6) is 2.24. The number of nitrogens with one attached hydrogen (secondary N) is 1. The maximum absolute atomic E-state index is 9.00. The van der Waals surface area contributed by atoms with Gasteiger partial charge in [0, 0.05) is 38.4 Å². The number of hydrogen-bond acceptors (Lipinski definition) is 7. The first kappa shape index (κ1) is 20.2. The van der Waals surface area contributed by atoms with Gasteiger partial charge >= 0.3 is 0 Å². The van der Waals surface area contributed by atoms with Crippen molar-refractivity contribution < 1.29 is 14.6 Å². The molecule has 2 N–H and O–H groups in total. The summed E-state index contributed by atoms with van der Waals surface area (Å²) in [6.45, 7) is 3.18. The number of carboxylic acid groups (broad SMARTS) is 1. The van der Waals surface area contributed by atoms with E-state index < -0.39 is 5.97 Å². The molecule has 142 valence electrons. The Morgan fingerprint density at radius 1 is 1.50 bits per heavy atom. The topological polar surface area (TPSA) is 102 Å². The van der Waals surface area contributed by atoms with Crippen LogP contribution in [-0.2, 0) is 17.6 Å². The zero-order valence-electron chi connectivity index (χ0n) is 15.3. The Labute approximate surface area is 157 Å². The molecule has 1 aliphatic heterocycles. The molecule has 2 aromatic rings. The fraction of sp³-hybridized carbons (Fsp3) is 0.529. The fourth-order valence-corrected chi connectivity index (χ4v) is 3.60. The molecule has 0 aliphatic carbocycles. The number of rotatable bonds is 5. The molecule has 0 saturated carbocycles. The molecule has 0 bridgehead atoms. The van der Waals surface area contributed by atoms with E-state index in [9.17, 15) is 0 Å². The van der Waals surface area contributed by atoms with Crippen LogP contribution in [0.5, 0.6) is 5.75 Å². The number of carboxylic acids is 1. The van der Waals surface area contributed by atoms with Crippen LogP contribution < -0.4 is 10.1 Å². The van der Waals surface area contributed by atoms with Crippen molar-refractivity contribution in [3.05, 3.63) is 29.8 Å². The largest absolute Gasteiger partial charge is 0.495 e. The van der Waals surface area contributed by atoms with Gasteiger partial charge in [-0.05, 0) is 31.5 Å². The predicted octanol–water partition coefficient (Wildman–Crippen LogP) is 2.07. The number of hydrogen-bond donors (Lipinski definition) is 2. The minimum absolute atomic E-state index is 0.463. The van der Waals surface area contributed by atoms with E-state index in [1.807, 2.05) is 19.2 Å². The zero-order chi connectivity index (χ0) is 18.9. The summed E-state index contributed by atoms with van der Waals surface area (Å²) in [5, 5.41) is 20.5. The Morgan fingerprint density at radius 3 is 2.92 bits per heavy atom. The summed E-state index contributed by atoms with van der Waals surface area (Å²) >= 11 is 1.64. The van der Waals surface area contributed by atoms with Gasteiger partial charge in [-0.25, -0.2) is 0 Å². The highest BCUT2D eigenvalue weighted by Crippen LogP contribution is 2.28. The number of ether oxygens (including phenoxy) is 1. The highest BCUT2D eigenvalue weighted by atomic mass is 32.2. The molecule has 0 radical (unpaired) electrons. The molecule has 0 spiro atoms. The Balaban J connectivity index is 0.000000552. The molecule has 26 heavy (non-hydrogen) atoms. The summed E-state index contributed by atoms with van der Waals surface area (Å²) in [4.78, 5) is 13.4. The molecule has 3 heterocycles. The average Bonchev–Trinajstić information content (AvgIpc) is 3.01. The molecule has 8 nitrogen and oxygen atoms in total. The van der Waals surface area contributed by atoms with Gasteiger partial charge in [0.1, 0.15) is 11.6 Å². The van der Waals surface area contributed by atoms with E-state index in [0.717, 1.165) is 48.2 Å². The molecule has 0 aromatic carbocycles. The number of nitrogens with zero attached hydrogens (tertiary/aromatic N) is 4. The Bertz CT molecular complexity index is 712. The second-order valence-electron chi connectivity index (χ2n) is 5.90. The van der Waals surface area contributed by atoms with E-state index in [1.165, 1.54) is 12.8 Å². The van der Waals surface area contributed by atoms with E-state index in [0.29, 0.717) is 5.92 Å². The summed E-state index contributed by atoms with van der Waals surface area (Å²) in [6.07, 6.45) is 4.16. The monoisotopic (exact) mass is 379 g/mol. The highest BCUT2D eigenvalue weighted by Gasteiger charge is 2.21. The van der Waals surface area contributed by atoms with Crippen molar-refractivity contribution in [1.29, 1.82) is 0 Å². The lowest BCUT2D eigenvalue weighted by molar-refractivity contribution is -0.134. The molecular weight excluding hydrogens is 354 g/mol. The van der Waals surface area contributed by atoms with Crippen molar-refractivity contribution >= 4 is 17.7 Å². The number of aliphatic carboxylic acids is 1. The highest BCUT2D eigenvalue weighted by molar-refractivity contribution is 7.98. The summed E-state index contributed by atoms with van der Waals surface area (Å²) in [6, 6.07) is 3.81. The maximum atomic E-state index is 9.00. The Kier molecular flexibility index (Phi) is 7.86. The first-order chi connectivity index (χ1) is 12.5. The van der Waals surface area contributed by atoms with Crippen molar-refractivity contribution in [2.75, 3.05) is 20.2 Å². The van der Waals surface area contributed by atoms with Crippen molar-refractivity contribution in [2.45, 2.75) is 36.6 Å². The van der Waals surface area contributed by atoms with Crippen LogP contribution in [0.15, 0.2) is 23.5 Å². The van der Waals surface area contributed by atoms with Crippen LogP contribution in [0.1, 0.15) is 37.2 Å². The number of carbonyl (C=O) groups is 1. The van der Waals surface area contributed by atoms with Crippen molar-refractivity contribution in [2.24, 2.45) is 7.05 Å². The summed E-state index contributed by atoms with van der Waals surface area (Å²) < 4.78 is 7.45. The number of piperidine rings is 1. The molecule has 3 rings (SSSR count). The van der Waals surface area contributed by atoms with Gasteiger partial charge in [-0.15, -0.1) is 10.2 Å². The van der Waals surface area contributed by atoms with E-state index >= 15 is 0 Å². The van der Waals surface area contributed by atoms with E-state index in [4.69, 9.17) is 14.6 Å². The molecule has 0 amide bonds. The third kappa shape index (κ3) is 5.70. The van der Waals surface area contributed by atoms with Crippen molar-refractivity contribution in [3.63, 3.8) is 0 Å². The molecule has 9 heteroatoms. The lowest BCUT2D eigenvalue weighted by atomic mass is 9.99. The lowest BCUT2D eigenvalue weighted by Crippen LogP contribution is -2.29. The standard InChI is InChI=1S/C15H21N5OS.C2H4O2/c1-20-14(11-5-3-7-16-9-11)18-19-15(20)22-10-12-13(21-2)6-4-8-17-12;1-2(3)4/h4,6,8,11,16H,3,5,7,9-10H2,1-2H3;1H3,(H,3,4). The molecule has 2 aromatic heterocycles. The summed E-state index contributed by atoms with van der Waals surface area (Å²) in [5.41, 5.74) is 0.930. The van der Waals surface area contributed by atoms with Gasteiger partial charge in [-0.3, -0.25) is 9.78 Å². The molecule has 1 aliphatic rings. The van der Waals surface area contributed by atoms with Gasteiger partial charge in [0.2, 0.25) is 0 Å². The number of aromatic nitrogens is 4. The number of methoxy groups -OCH3 is 1. The van der Waals surface area contributed by atoms with Crippen LogP contribution in [0, 0.1) is 0 Å². The Hall–Kier alpha value is -2.13. The molecule has 1 unspecified atom stereocenters. The molecular formula is C17H25N5O3S. The van der Waals surface area contributed by atoms with Crippen molar-refractivity contribution in [1.82, 2.24) is 25.1 Å². The maximum Gasteiger partial charge on any atom is 0.300 e. The number of thioether (sulfide) groups is 1. The molecule has 1 fully saturated rings. The van der Waals surface area contributed by atoms with Crippen LogP contribution in [0.25, 0.3) is 0 Å². The van der Waals surface area contributed by atoms with Crippen LogP contribution in [0.2, 0.25) is 0 Å². The first-order valence-electron chi connectivity index (χ1n) is 8.43. The van der Waals surface area contributed by atoms with Crippen LogP contribution in [-0.4, -0.2) is 51.0 Å². The molecule has 1 saturated heterocycles. The van der Waals surface area contributed by atoms with Crippen LogP contribution >= 0.6 is 11.8 Å². The summed E-state index contributed by atoms with van der Waals surface area (Å²) in [7, 11) is 3.71. The second-order valence-corrected chi connectivity index (χ2v) is 6.85. The predicted molar refractivity (Wildman–Crippen MR) is 99.5 cm³/mol. The zero-order valence-corrected chi connectivity index (χ0v) is 16.1. The third-order valence-electron chi connectivity index (χ3n) is 3.94. The van der Waals surface area contributed by atoms with E-state index in [1.54, 1.807) is 25.1 Å². The normalized spacial score (nSPS) is 16.5. The van der Waals surface area contributed by atoms with Gasteiger partial charge in [0.25, 0.3) is 5.97 Å². The van der Waals surface area contributed by atoms with Crippen LogP contribution in [0.3, 0.4) is 0 Å². The Morgan fingerprint density at radius 2 is 2.27 bits per heavy atom. The van der Waals surface area contributed by atoms with Crippen molar-refractivity contribution in [3.8, 4) is 5.75 Å².